The van der Waals surface area contributed by atoms with E-state index < -0.39 is 6.04 Å². The molecule has 0 saturated carbocycles. The average molecular weight is 354 g/mol. The van der Waals surface area contributed by atoms with Gasteiger partial charge in [-0.3, -0.25) is 9.48 Å². The molecule has 2 aromatic heterocycles. The van der Waals surface area contributed by atoms with Crippen molar-refractivity contribution < 1.29 is 4.79 Å². The lowest BCUT2D eigenvalue weighted by Gasteiger charge is -2.16. The summed E-state index contributed by atoms with van der Waals surface area (Å²) < 4.78 is 3.93. The number of aryl methyl sites for hydroxylation is 1. The van der Waals surface area contributed by atoms with Crippen LogP contribution in [0.4, 0.5) is 0 Å². The van der Waals surface area contributed by atoms with E-state index in [9.17, 15) is 4.79 Å². The molecular weight excluding hydrogens is 328 g/mol. The van der Waals surface area contributed by atoms with Crippen LogP contribution < -0.4 is 10.6 Å². The van der Waals surface area contributed by atoms with E-state index in [1.807, 2.05) is 31.4 Å². The molecule has 0 aliphatic heterocycles. The van der Waals surface area contributed by atoms with Gasteiger partial charge in [-0.25, -0.2) is 4.98 Å². The number of likely N-dealkylation sites (N-methyl/N-ethyl adjacent to an activating group) is 1. The lowest BCUT2D eigenvalue weighted by molar-refractivity contribution is -0.123. The maximum Gasteiger partial charge on any atom is 0.241 e. The number of hydrogen-bond donors (Lipinski definition) is 2. The summed E-state index contributed by atoms with van der Waals surface area (Å²) in [6.07, 6.45) is 4.24. The minimum Gasteiger partial charge on any atom is -0.354 e. The van der Waals surface area contributed by atoms with Gasteiger partial charge < -0.3 is 15.2 Å². The van der Waals surface area contributed by atoms with E-state index in [1.165, 1.54) is 0 Å². The highest BCUT2D eigenvalue weighted by Crippen LogP contribution is 2.21. The molecule has 1 atom stereocenters. The van der Waals surface area contributed by atoms with Gasteiger partial charge in [0.05, 0.1) is 17.2 Å². The highest BCUT2D eigenvalue weighted by atomic mass is 16.2. The van der Waals surface area contributed by atoms with E-state index in [1.54, 1.807) is 17.9 Å². The van der Waals surface area contributed by atoms with Crippen LogP contribution in [0, 0.1) is 0 Å². The van der Waals surface area contributed by atoms with Crippen molar-refractivity contribution in [2.75, 3.05) is 13.6 Å². The predicted molar refractivity (Wildman–Crippen MR) is 102 cm³/mol. The lowest BCUT2D eigenvalue weighted by atomic mass is 10.1. The normalized spacial score (nSPS) is 12.7. The van der Waals surface area contributed by atoms with Gasteiger partial charge in [0.25, 0.3) is 0 Å². The molecule has 2 N–H and O–H groups in total. The number of fused-ring (bicyclic) bond motifs is 1. The number of benzene rings is 1. The molecule has 0 saturated heterocycles. The Kier molecular flexibility index (Phi) is 5.37. The van der Waals surface area contributed by atoms with Crippen LogP contribution in [0.15, 0.2) is 36.7 Å². The van der Waals surface area contributed by atoms with Crippen LogP contribution in [0.5, 0.6) is 0 Å². The number of amides is 1. The van der Waals surface area contributed by atoms with E-state index >= 15 is 0 Å². The zero-order valence-corrected chi connectivity index (χ0v) is 15.7. The second kappa shape index (κ2) is 7.70. The van der Waals surface area contributed by atoms with E-state index in [0.29, 0.717) is 19.0 Å². The maximum atomic E-state index is 12.5. The van der Waals surface area contributed by atoms with Crippen molar-refractivity contribution in [3.8, 4) is 0 Å². The molecule has 2 heterocycles. The Hall–Kier alpha value is -2.67. The molecule has 0 aliphatic carbocycles. The Balaban J connectivity index is 1.68. The second-order valence-electron chi connectivity index (χ2n) is 6.69. The van der Waals surface area contributed by atoms with Gasteiger partial charge in [0.2, 0.25) is 5.91 Å². The number of carbonyl (C=O) groups is 1. The minimum atomic E-state index is -0.410. The summed E-state index contributed by atoms with van der Waals surface area (Å²) in [5.74, 6) is 0.927. The van der Waals surface area contributed by atoms with E-state index in [-0.39, 0.29) is 5.91 Å². The van der Waals surface area contributed by atoms with Crippen LogP contribution in [-0.2, 0) is 18.3 Å². The predicted octanol–water partition coefficient (Wildman–Crippen LogP) is 1.97. The van der Waals surface area contributed by atoms with Crippen LogP contribution in [-0.4, -0.2) is 38.8 Å². The maximum absolute atomic E-state index is 12.5. The highest BCUT2D eigenvalue weighted by Gasteiger charge is 2.20. The smallest absolute Gasteiger partial charge is 0.241 e. The molecule has 138 valence electrons. The van der Waals surface area contributed by atoms with Crippen molar-refractivity contribution in [1.29, 1.82) is 0 Å². The van der Waals surface area contributed by atoms with Crippen molar-refractivity contribution in [2.24, 2.45) is 7.05 Å². The molecule has 26 heavy (non-hydrogen) atoms. The van der Waals surface area contributed by atoms with Crippen molar-refractivity contribution in [1.82, 2.24) is 30.0 Å². The van der Waals surface area contributed by atoms with E-state index in [4.69, 9.17) is 4.98 Å². The third-order valence-corrected chi connectivity index (χ3v) is 4.44. The molecule has 7 nitrogen and oxygen atoms in total. The minimum absolute atomic E-state index is 0.0623. The van der Waals surface area contributed by atoms with Crippen molar-refractivity contribution >= 4 is 16.9 Å². The molecule has 0 spiro atoms. The molecule has 7 heteroatoms. The van der Waals surface area contributed by atoms with Crippen molar-refractivity contribution in [3.05, 3.63) is 48.0 Å². The lowest BCUT2D eigenvalue weighted by Crippen LogP contribution is -2.37. The fourth-order valence-electron chi connectivity index (χ4n) is 3.28. The summed E-state index contributed by atoms with van der Waals surface area (Å²) >= 11 is 0. The first-order chi connectivity index (χ1) is 12.5. The Morgan fingerprint density at radius 2 is 2.04 bits per heavy atom. The van der Waals surface area contributed by atoms with Gasteiger partial charge in [0, 0.05) is 37.8 Å². The quantitative estimate of drug-likeness (QED) is 0.680. The Bertz CT molecular complexity index is 894. The molecule has 1 unspecified atom stereocenters. The first-order valence-corrected chi connectivity index (χ1v) is 8.90. The molecule has 3 aromatic rings. The Morgan fingerprint density at radius 1 is 1.27 bits per heavy atom. The molecule has 1 amide bonds. The summed E-state index contributed by atoms with van der Waals surface area (Å²) in [6.45, 7) is 4.83. The van der Waals surface area contributed by atoms with Crippen molar-refractivity contribution in [2.45, 2.75) is 32.4 Å². The first-order valence-electron chi connectivity index (χ1n) is 8.90. The summed E-state index contributed by atoms with van der Waals surface area (Å²) in [6, 6.07) is 8.04. The SMILES string of the molecule is CNC(C(=O)NCCc1nc2ccccc2n1C(C)C)c1cnn(C)c1. The third-order valence-electron chi connectivity index (χ3n) is 4.44. The number of rotatable bonds is 7. The van der Waals surface area contributed by atoms with Crippen LogP contribution in [0.2, 0.25) is 0 Å². The monoisotopic (exact) mass is 354 g/mol. The van der Waals surface area contributed by atoms with Gasteiger partial charge in [0.15, 0.2) is 0 Å². The van der Waals surface area contributed by atoms with Gasteiger partial charge in [-0.1, -0.05) is 12.1 Å². The summed E-state index contributed by atoms with van der Waals surface area (Å²) in [5, 5.41) is 10.2. The van der Waals surface area contributed by atoms with Gasteiger partial charge >= 0.3 is 0 Å². The fraction of sp³-hybridized carbons (Fsp3) is 0.421. The van der Waals surface area contributed by atoms with Crippen molar-refractivity contribution in [3.63, 3.8) is 0 Å². The summed E-state index contributed by atoms with van der Waals surface area (Å²) in [7, 11) is 3.61. The van der Waals surface area contributed by atoms with E-state index in [2.05, 4.69) is 40.2 Å². The van der Waals surface area contributed by atoms with Gasteiger partial charge in [-0.05, 0) is 33.0 Å². The Morgan fingerprint density at radius 3 is 2.69 bits per heavy atom. The highest BCUT2D eigenvalue weighted by molar-refractivity contribution is 5.83. The zero-order chi connectivity index (χ0) is 18.7. The number of imidazole rings is 1. The third kappa shape index (κ3) is 3.62. The standard InChI is InChI=1S/C19H26N6O/c1-13(2)25-16-8-6-5-7-15(16)23-17(25)9-10-21-19(26)18(20-3)14-11-22-24(4)12-14/h5-8,11-13,18,20H,9-10H2,1-4H3,(H,21,26). The van der Waals surface area contributed by atoms with Crippen LogP contribution in [0.3, 0.4) is 0 Å². The molecule has 3 rings (SSSR count). The molecule has 0 fully saturated rings. The molecular formula is C19H26N6O. The number of para-hydroxylation sites is 2. The molecule has 0 bridgehead atoms. The van der Waals surface area contributed by atoms with Gasteiger partial charge in [-0.2, -0.15) is 5.10 Å². The number of nitrogens with one attached hydrogen (secondary N) is 2. The Labute approximate surface area is 153 Å². The number of nitrogens with zero attached hydrogens (tertiary/aromatic N) is 4. The van der Waals surface area contributed by atoms with Crippen LogP contribution in [0.1, 0.15) is 37.3 Å². The van der Waals surface area contributed by atoms with Gasteiger partial charge in [0.1, 0.15) is 11.9 Å². The molecule has 0 radical (unpaired) electrons. The zero-order valence-electron chi connectivity index (χ0n) is 15.7. The van der Waals surface area contributed by atoms with E-state index in [0.717, 1.165) is 22.4 Å². The number of aromatic nitrogens is 4. The second-order valence-corrected chi connectivity index (χ2v) is 6.69. The average Bonchev–Trinajstić information content (AvgIpc) is 3.19. The van der Waals surface area contributed by atoms with Crippen LogP contribution in [0.25, 0.3) is 11.0 Å². The molecule has 0 aliphatic rings. The topological polar surface area (TPSA) is 76.8 Å². The van der Waals surface area contributed by atoms with Gasteiger partial charge in [-0.15, -0.1) is 0 Å². The fourth-order valence-corrected chi connectivity index (χ4v) is 3.28. The summed E-state index contributed by atoms with van der Waals surface area (Å²) in [4.78, 5) is 17.3. The summed E-state index contributed by atoms with van der Waals surface area (Å²) in [5.41, 5.74) is 2.97. The number of carbonyl (C=O) groups excluding carboxylic acids is 1. The number of hydrogen-bond acceptors (Lipinski definition) is 4. The largest absolute Gasteiger partial charge is 0.354 e. The van der Waals surface area contributed by atoms with Crippen LogP contribution >= 0.6 is 0 Å². The molecule has 1 aromatic carbocycles. The first kappa shape index (κ1) is 18.1.